The molecule has 1 N–H and O–H groups in total. The van der Waals surface area contributed by atoms with E-state index in [0.717, 1.165) is 12.0 Å². The van der Waals surface area contributed by atoms with Crippen LogP contribution in [0.15, 0.2) is 47.2 Å². The molecule has 0 unspecified atom stereocenters. The lowest BCUT2D eigenvalue weighted by Crippen LogP contribution is -2.23. The number of halogens is 1. The summed E-state index contributed by atoms with van der Waals surface area (Å²) >= 11 is 3.27. The number of carbonyl (C=O) groups excluding carboxylic acids is 1. The highest BCUT2D eigenvalue weighted by Crippen LogP contribution is 2.12. The molecule has 0 aliphatic carbocycles. The summed E-state index contributed by atoms with van der Waals surface area (Å²) in [5.74, 6) is -0.125. The van der Waals surface area contributed by atoms with Gasteiger partial charge in [-0.15, -0.1) is 0 Å². The molecule has 0 fully saturated rings. The van der Waals surface area contributed by atoms with Crippen molar-refractivity contribution in [3.05, 3.63) is 63.9 Å². The summed E-state index contributed by atoms with van der Waals surface area (Å²) < 4.78 is 0.564. The zero-order chi connectivity index (χ0) is 13.7. The van der Waals surface area contributed by atoms with E-state index in [2.05, 4.69) is 45.3 Å². The molecule has 4 heteroatoms. The van der Waals surface area contributed by atoms with Gasteiger partial charge in [-0.1, -0.05) is 31.2 Å². The minimum absolute atomic E-state index is 0.125. The number of amides is 1. The smallest absolute Gasteiger partial charge is 0.254 e. The van der Waals surface area contributed by atoms with E-state index >= 15 is 0 Å². The molecule has 0 aliphatic heterocycles. The molecule has 0 bridgehead atoms. The largest absolute Gasteiger partial charge is 0.348 e. The molecule has 2 aromatic rings. The summed E-state index contributed by atoms with van der Waals surface area (Å²) in [5, 5.41) is 2.88. The van der Waals surface area contributed by atoms with Crippen molar-refractivity contribution in [2.45, 2.75) is 19.9 Å². The number of pyridine rings is 1. The maximum atomic E-state index is 12.0. The van der Waals surface area contributed by atoms with E-state index in [1.165, 1.54) is 5.56 Å². The second-order valence-electron chi connectivity index (χ2n) is 4.19. The Kier molecular flexibility index (Phi) is 4.68. The van der Waals surface area contributed by atoms with Crippen molar-refractivity contribution < 1.29 is 4.79 Å². The molecule has 1 aromatic carbocycles. The van der Waals surface area contributed by atoms with Gasteiger partial charge in [-0.3, -0.25) is 4.79 Å². The Labute approximate surface area is 121 Å². The van der Waals surface area contributed by atoms with E-state index in [9.17, 15) is 4.79 Å². The van der Waals surface area contributed by atoms with Crippen LogP contribution < -0.4 is 5.32 Å². The monoisotopic (exact) mass is 318 g/mol. The SMILES string of the molecule is CCc1ccc(CNC(=O)c2cccnc2Br)cc1. The average molecular weight is 319 g/mol. The van der Waals surface area contributed by atoms with Crippen LogP contribution in [0.25, 0.3) is 0 Å². The highest BCUT2D eigenvalue weighted by Gasteiger charge is 2.09. The van der Waals surface area contributed by atoms with Crippen molar-refractivity contribution >= 4 is 21.8 Å². The number of nitrogens with one attached hydrogen (secondary N) is 1. The molecule has 1 amide bonds. The number of rotatable bonds is 4. The average Bonchev–Trinajstić information content (AvgIpc) is 2.46. The summed E-state index contributed by atoms with van der Waals surface area (Å²) in [5.41, 5.74) is 2.93. The second-order valence-corrected chi connectivity index (χ2v) is 4.95. The molecule has 0 radical (unpaired) electrons. The third-order valence-electron chi connectivity index (χ3n) is 2.89. The van der Waals surface area contributed by atoms with E-state index in [4.69, 9.17) is 0 Å². The summed E-state index contributed by atoms with van der Waals surface area (Å²) in [7, 11) is 0. The Morgan fingerprint density at radius 1 is 1.21 bits per heavy atom. The molecule has 98 valence electrons. The van der Waals surface area contributed by atoms with E-state index in [-0.39, 0.29) is 5.91 Å². The Hall–Kier alpha value is -1.68. The first-order valence-corrected chi connectivity index (χ1v) is 6.96. The predicted octanol–water partition coefficient (Wildman–Crippen LogP) is 3.34. The Bertz CT molecular complexity index is 567. The Morgan fingerprint density at radius 2 is 1.89 bits per heavy atom. The van der Waals surface area contributed by atoms with Crippen molar-refractivity contribution in [2.24, 2.45) is 0 Å². The van der Waals surface area contributed by atoms with Crippen molar-refractivity contribution in [1.82, 2.24) is 10.3 Å². The van der Waals surface area contributed by atoms with Crippen molar-refractivity contribution in [3.8, 4) is 0 Å². The first kappa shape index (κ1) is 13.7. The zero-order valence-electron chi connectivity index (χ0n) is 10.7. The highest BCUT2D eigenvalue weighted by atomic mass is 79.9. The summed E-state index contributed by atoms with van der Waals surface area (Å²) in [6.07, 6.45) is 2.67. The van der Waals surface area contributed by atoms with Crippen molar-refractivity contribution in [3.63, 3.8) is 0 Å². The van der Waals surface area contributed by atoms with Gasteiger partial charge in [0.15, 0.2) is 0 Å². The highest BCUT2D eigenvalue weighted by molar-refractivity contribution is 9.10. The quantitative estimate of drug-likeness (QED) is 0.878. The third-order valence-corrected chi connectivity index (χ3v) is 3.52. The molecular formula is C15H15BrN2O. The first-order chi connectivity index (χ1) is 9.20. The molecule has 19 heavy (non-hydrogen) atoms. The van der Waals surface area contributed by atoms with Crippen molar-refractivity contribution in [1.29, 1.82) is 0 Å². The normalized spacial score (nSPS) is 10.2. The number of nitrogens with zero attached hydrogens (tertiary/aromatic N) is 1. The number of benzene rings is 1. The first-order valence-electron chi connectivity index (χ1n) is 6.17. The molecule has 0 saturated carbocycles. The molecule has 1 aromatic heterocycles. The van der Waals surface area contributed by atoms with Crippen LogP contribution in [0.1, 0.15) is 28.4 Å². The van der Waals surface area contributed by atoms with Crippen LogP contribution in [0.5, 0.6) is 0 Å². The van der Waals surface area contributed by atoms with Crippen LogP contribution in [-0.4, -0.2) is 10.9 Å². The molecule has 0 atom stereocenters. The maximum Gasteiger partial charge on any atom is 0.254 e. The Morgan fingerprint density at radius 3 is 2.53 bits per heavy atom. The number of aromatic nitrogens is 1. The van der Waals surface area contributed by atoms with Crippen LogP contribution in [-0.2, 0) is 13.0 Å². The summed E-state index contributed by atoms with van der Waals surface area (Å²) in [6, 6.07) is 11.7. The fourth-order valence-corrected chi connectivity index (χ4v) is 2.16. The Balaban J connectivity index is 1.98. The van der Waals surface area contributed by atoms with E-state index in [0.29, 0.717) is 16.7 Å². The van der Waals surface area contributed by atoms with Gasteiger partial charge >= 0.3 is 0 Å². The second kappa shape index (κ2) is 6.48. The van der Waals surface area contributed by atoms with Gasteiger partial charge in [-0.05, 0) is 45.6 Å². The van der Waals surface area contributed by atoms with E-state index in [1.54, 1.807) is 18.3 Å². The number of aryl methyl sites for hydroxylation is 1. The van der Waals surface area contributed by atoms with Gasteiger partial charge in [0.1, 0.15) is 4.60 Å². The zero-order valence-corrected chi connectivity index (χ0v) is 12.3. The summed E-state index contributed by atoms with van der Waals surface area (Å²) in [6.45, 7) is 2.64. The minimum atomic E-state index is -0.125. The van der Waals surface area contributed by atoms with Gasteiger partial charge in [0.2, 0.25) is 0 Å². The van der Waals surface area contributed by atoms with Gasteiger partial charge in [0.05, 0.1) is 5.56 Å². The fourth-order valence-electron chi connectivity index (χ4n) is 1.73. The van der Waals surface area contributed by atoms with Crippen LogP contribution in [0.3, 0.4) is 0 Å². The lowest BCUT2D eigenvalue weighted by atomic mass is 10.1. The van der Waals surface area contributed by atoms with E-state index < -0.39 is 0 Å². The van der Waals surface area contributed by atoms with Gasteiger partial charge < -0.3 is 5.32 Å². The lowest BCUT2D eigenvalue weighted by Gasteiger charge is -2.07. The van der Waals surface area contributed by atoms with Gasteiger partial charge in [0.25, 0.3) is 5.91 Å². The number of carbonyl (C=O) groups is 1. The lowest BCUT2D eigenvalue weighted by molar-refractivity contribution is 0.0949. The molecule has 1 heterocycles. The van der Waals surface area contributed by atoms with Crippen LogP contribution in [0.2, 0.25) is 0 Å². The third kappa shape index (κ3) is 3.64. The fraction of sp³-hybridized carbons (Fsp3) is 0.200. The van der Waals surface area contributed by atoms with Crippen molar-refractivity contribution in [2.75, 3.05) is 0 Å². The van der Waals surface area contributed by atoms with Gasteiger partial charge in [-0.2, -0.15) is 0 Å². The predicted molar refractivity (Wildman–Crippen MR) is 78.9 cm³/mol. The molecule has 0 saturated heterocycles. The minimum Gasteiger partial charge on any atom is -0.348 e. The van der Waals surface area contributed by atoms with E-state index in [1.807, 2.05) is 12.1 Å². The number of hydrogen-bond donors (Lipinski definition) is 1. The number of hydrogen-bond acceptors (Lipinski definition) is 2. The standard InChI is InChI=1S/C15H15BrN2O/c1-2-11-5-7-12(8-6-11)10-18-15(19)13-4-3-9-17-14(13)16/h3-9H,2,10H2,1H3,(H,18,19). The topological polar surface area (TPSA) is 42.0 Å². The molecule has 3 nitrogen and oxygen atoms in total. The van der Waals surface area contributed by atoms with Gasteiger partial charge in [-0.25, -0.2) is 4.98 Å². The van der Waals surface area contributed by atoms with Crippen LogP contribution in [0.4, 0.5) is 0 Å². The van der Waals surface area contributed by atoms with Crippen LogP contribution >= 0.6 is 15.9 Å². The molecule has 2 rings (SSSR count). The molecule has 0 aliphatic rings. The molecular weight excluding hydrogens is 304 g/mol. The molecule has 0 spiro atoms. The summed E-state index contributed by atoms with van der Waals surface area (Å²) in [4.78, 5) is 16.0. The van der Waals surface area contributed by atoms with Crippen LogP contribution in [0, 0.1) is 0 Å². The maximum absolute atomic E-state index is 12.0. The van der Waals surface area contributed by atoms with Gasteiger partial charge in [0, 0.05) is 12.7 Å².